The number of hydrogen-bond acceptors (Lipinski definition) is 6. The van der Waals surface area contributed by atoms with E-state index in [1.165, 1.54) is 6.07 Å². The molecule has 2 aromatic carbocycles. The number of carbonyl (C=O) groups excluding carboxylic acids is 1. The summed E-state index contributed by atoms with van der Waals surface area (Å²) in [6.45, 7) is 0. The van der Waals surface area contributed by atoms with Gasteiger partial charge in [0.25, 0.3) is 5.91 Å². The van der Waals surface area contributed by atoms with Crippen LogP contribution in [0.2, 0.25) is 0 Å². The number of hydrogen-bond donors (Lipinski definition) is 2. The van der Waals surface area contributed by atoms with Crippen LogP contribution in [0, 0.1) is 0 Å². The van der Waals surface area contributed by atoms with Gasteiger partial charge in [-0.1, -0.05) is 41.6 Å². The molecule has 1 amide bonds. The first-order valence-corrected chi connectivity index (χ1v) is 11.1. The first kappa shape index (κ1) is 19.3. The third-order valence-corrected chi connectivity index (χ3v) is 6.31. The van der Waals surface area contributed by atoms with E-state index in [0.717, 1.165) is 10.6 Å². The van der Waals surface area contributed by atoms with E-state index in [9.17, 15) is 13.2 Å². The van der Waals surface area contributed by atoms with Crippen LogP contribution in [0.5, 0.6) is 0 Å². The Hall–Kier alpha value is -3.01. The Bertz CT molecular complexity index is 1170. The van der Waals surface area contributed by atoms with E-state index < -0.39 is 16.1 Å². The number of amides is 1. The minimum atomic E-state index is -3.84. The molecule has 1 aromatic heterocycles. The van der Waals surface area contributed by atoms with E-state index in [4.69, 9.17) is 9.98 Å². The summed E-state index contributed by atoms with van der Waals surface area (Å²) in [4.78, 5) is 18.8. The smallest absolute Gasteiger partial charge is 0.268 e. The summed E-state index contributed by atoms with van der Waals surface area (Å²) >= 11 is 1.55. The second-order valence-corrected chi connectivity index (χ2v) is 8.90. The van der Waals surface area contributed by atoms with Gasteiger partial charge < -0.3 is 10.2 Å². The van der Waals surface area contributed by atoms with Gasteiger partial charge >= 0.3 is 0 Å². The van der Waals surface area contributed by atoms with E-state index in [0.29, 0.717) is 23.2 Å². The highest BCUT2D eigenvalue weighted by Crippen LogP contribution is 2.28. The average molecular weight is 428 g/mol. The number of rotatable bonds is 5. The van der Waals surface area contributed by atoms with Gasteiger partial charge in [0.1, 0.15) is 5.71 Å². The molecule has 0 radical (unpaired) electrons. The van der Waals surface area contributed by atoms with Crippen molar-refractivity contribution in [2.24, 2.45) is 10.3 Å². The molecule has 2 heterocycles. The Morgan fingerprint density at radius 2 is 1.86 bits per heavy atom. The summed E-state index contributed by atoms with van der Waals surface area (Å²) in [5.74, 6) is -0.294. The molecule has 148 valence electrons. The van der Waals surface area contributed by atoms with Crippen molar-refractivity contribution in [1.82, 2.24) is 0 Å². The van der Waals surface area contributed by atoms with Crippen LogP contribution in [0.1, 0.15) is 11.3 Å². The summed E-state index contributed by atoms with van der Waals surface area (Å²) in [6.07, 6.45) is -0.276. The van der Waals surface area contributed by atoms with Crippen LogP contribution in [0.3, 0.4) is 0 Å². The standard InChI is InChI=1S/C20H17N3O4S2/c21-29(25,26)19-6-2-1-4-15(19)13-7-9-14(10-8-13)22-20(24)17-12-16(23-27-17)18-5-3-11-28-18/h1-11,17H,12H2,(H,22,24)(H2,21,25,26). The van der Waals surface area contributed by atoms with E-state index >= 15 is 0 Å². The third-order valence-electron chi connectivity index (χ3n) is 4.42. The van der Waals surface area contributed by atoms with Gasteiger partial charge in [-0.3, -0.25) is 4.79 Å². The molecule has 1 atom stereocenters. The van der Waals surface area contributed by atoms with Crippen molar-refractivity contribution in [1.29, 1.82) is 0 Å². The average Bonchev–Trinajstić information content (AvgIpc) is 3.40. The molecule has 0 fully saturated rings. The first-order chi connectivity index (χ1) is 13.9. The fourth-order valence-corrected chi connectivity index (χ4v) is 4.49. The molecule has 4 rings (SSSR count). The molecule has 1 aliphatic heterocycles. The van der Waals surface area contributed by atoms with Crippen molar-refractivity contribution in [3.05, 3.63) is 70.9 Å². The highest BCUT2D eigenvalue weighted by Gasteiger charge is 2.29. The Morgan fingerprint density at radius 3 is 2.55 bits per heavy atom. The van der Waals surface area contributed by atoms with Crippen LogP contribution in [0.25, 0.3) is 11.1 Å². The SMILES string of the molecule is NS(=O)(=O)c1ccccc1-c1ccc(NC(=O)C2CC(c3cccs3)=NO2)cc1. The van der Waals surface area contributed by atoms with Gasteiger partial charge in [-0.2, -0.15) is 0 Å². The van der Waals surface area contributed by atoms with Gasteiger partial charge in [0.2, 0.25) is 16.1 Å². The molecule has 0 bridgehead atoms. The summed E-state index contributed by atoms with van der Waals surface area (Å²) in [5, 5.41) is 14.0. The highest BCUT2D eigenvalue weighted by molar-refractivity contribution is 7.89. The number of thiophene rings is 1. The summed E-state index contributed by atoms with van der Waals surface area (Å²) in [5.41, 5.74) is 2.50. The summed E-state index contributed by atoms with van der Waals surface area (Å²) in [7, 11) is -3.84. The summed E-state index contributed by atoms with van der Waals surface area (Å²) in [6, 6.07) is 17.2. The molecule has 0 spiro atoms. The number of benzene rings is 2. The second-order valence-electron chi connectivity index (χ2n) is 6.42. The monoisotopic (exact) mass is 427 g/mol. The van der Waals surface area contributed by atoms with Crippen molar-refractivity contribution in [2.45, 2.75) is 17.4 Å². The van der Waals surface area contributed by atoms with Gasteiger partial charge in [0.15, 0.2) is 0 Å². The van der Waals surface area contributed by atoms with Crippen molar-refractivity contribution in [3.8, 4) is 11.1 Å². The maximum atomic E-state index is 12.5. The van der Waals surface area contributed by atoms with Crippen LogP contribution in [-0.2, 0) is 19.7 Å². The number of sulfonamides is 1. The lowest BCUT2D eigenvalue weighted by atomic mass is 10.1. The molecule has 9 heteroatoms. The van der Waals surface area contributed by atoms with Crippen LogP contribution >= 0.6 is 11.3 Å². The number of nitrogens with zero attached hydrogens (tertiary/aromatic N) is 1. The largest absolute Gasteiger partial charge is 0.382 e. The van der Waals surface area contributed by atoms with E-state index in [2.05, 4.69) is 10.5 Å². The van der Waals surface area contributed by atoms with E-state index in [1.54, 1.807) is 53.8 Å². The molecule has 0 saturated heterocycles. The van der Waals surface area contributed by atoms with E-state index in [-0.39, 0.29) is 10.8 Å². The van der Waals surface area contributed by atoms with Gasteiger partial charge in [0.05, 0.1) is 9.77 Å². The normalized spacial score (nSPS) is 16.2. The van der Waals surface area contributed by atoms with Crippen molar-refractivity contribution >= 4 is 38.7 Å². The van der Waals surface area contributed by atoms with Crippen LogP contribution in [0.15, 0.2) is 76.1 Å². The molecule has 7 nitrogen and oxygen atoms in total. The van der Waals surface area contributed by atoms with Crippen LogP contribution in [-0.4, -0.2) is 26.1 Å². The lowest BCUT2D eigenvalue weighted by molar-refractivity contribution is -0.125. The Labute approximate surface area is 171 Å². The molecule has 0 aliphatic carbocycles. The van der Waals surface area contributed by atoms with Crippen molar-refractivity contribution in [2.75, 3.05) is 5.32 Å². The molecular weight excluding hydrogens is 410 g/mol. The zero-order chi connectivity index (χ0) is 20.4. The highest BCUT2D eigenvalue weighted by atomic mass is 32.2. The van der Waals surface area contributed by atoms with Gasteiger partial charge in [0, 0.05) is 17.7 Å². The zero-order valence-electron chi connectivity index (χ0n) is 15.1. The number of primary sulfonamides is 1. The molecule has 3 aromatic rings. The van der Waals surface area contributed by atoms with Gasteiger partial charge in [-0.25, -0.2) is 13.6 Å². The second kappa shape index (κ2) is 7.78. The molecule has 29 heavy (non-hydrogen) atoms. The molecule has 1 aliphatic rings. The predicted octanol–water partition coefficient (Wildman–Crippen LogP) is 3.19. The van der Waals surface area contributed by atoms with Gasteiger partial charge in [-0.15, -0.1) is 11.3 Å². The Morgan fingerprint density at radius 1 is 1.10 bits per heavy atom. The van der Waals surface area contributed by atoms with Crippen molar-refractivity contribution in [3.63, 3.8) is 0 Å². The summed E-state index contributed by atoms with van der Waals surface area (Å²) < 4.78 is 23.6. The van der Waals surface area contributed by atoms with Crippen LogP contribution in [0.4, 0.5) is 5.69 Å². The molecule has 1 unspecified atom stereocenters. The topological polar surface area (TPSA) is 111 Å². The molecule has 3 N–H and O–H groups in total. The van der Waals surface area contributed by atoms with Crippen molar-refractivity contribution < 1.29 is 18.0 Å². The Kier molecular flexibility index (Phi) is 5.18. The zero-order valence-corrected chi connectivity index (χ0v) is 16.7. The molecular formula is C20H17N3O4S2. The maximum Gasteiger partial charge on any atom is 0.268 e. The fourth-order valence-electron chi connectivity index (χ4n) is 3.02. The van der Waals surface area contributed by atoms with E-state index in [1.807, 2.05) is 17.5 Å². The van der Waals surface area contributed by atoms with Gasteiger partial charge in [-0.05, 0) is 35.2 Å². The number of oxime groups is 1. The minimum absolute atomic E-state index is 0.0504. The maximum absolute atomic E-state index is 12.5. The Balaban J connectivity index is 1.45. The number of nitrogens with one attached hydrogen (secondary N) is 1. The quantitative estimate of drug-likeness (QED) is 0.651. The third kappa shape index (κ3) is 4.21. The lowest BCUT2D eigenvalue weighted by Crippen LogP contribution is -2.27. The lowest BCUT2D eigenvalue weighted by Gasteiger charge is -2.11. The van der Waals surface area contributed by atoms with Crippen LogP contribution < -0.4 is 10.5 Å². The number of carbonyl (C=O) groups is 1. The number of anilines is 1. The minimum Gasteiger partial charge on any atom is -0.382 e. The first-order valence-electron chi connectivity index (χ1n) is 8.71. The predicted molar refractivity (Wildman–Crippen MR) is 112 cm³/mol. The molecule has 0 saturated carbocycles. The number of nitrogens with two attached hydrogens (primary N) is 1. The fraction of sp³-hybridized carbons (Fsp3) is 0.100.